The molecule has 0 fully saturated rings. The third-order valence-electron chi connectivity index (χ3n) is 8.01. The molecule has 0 unspecified atom stereocenters. The van der Waals surface area contributed by atoms with Gasteiger partial charge in [-0.05, 0) is 63.1 Å². The first-order valence-corrected chi connectivity index (χ1v) is 14.4. The second-order valence-electron chi connectivity index (χ2n) is 10.6. The van der Waals surface area contributed by atoms with Crippen LogP contribution in [0.3, 0.4) is 0 Å². The van der Waals surface area contributed by atoms with Gasteiger partial charge in [-0.25, -0.2) is 14.6 Å². The van der Waals surface area contributed by atoms with Crippen LogP contribution in [-0.2, 0) is 13.0 Å². The van der Waals surface area contributed by atoms with Crippen molar-refractivity contribution >= 4 is 23.5 Å². The largest absolute Gasteiger partial charge is 0.478 e. The summed E-state index contributed by atoms with van der Waals surface area (Å²) in [6.07, 6.45) is 2.45. The quantitative estimate of drug-likeness (QED) is 0.181. The molecule has 5 aromatic rings. The minimum atomic E-state index is -1.12. The molecular formula is C35H29ClN2O4. The van der Waals surface area contributed by atoms with Gasteiger partial charge in [0.05, 0.1) is 5.56 Å². The Morgan fingerprint density at radius 1 is 0.833 bits per heavy atom. The van der Waals surface area contributed by atoms with Crippen LogP contribution < -0.4 is 0 Å². The zero-order valence-electron chi connectivity index (χ0n) is 23.0. The van der Waals surface area contributed by atoms with Gasteiger partial charge in [0.25, 0.3) is 0 Å². The molecule has 1 aliphatic rings. The Morgan fingerprint density at radius 2 is 1.48 bits per heavy atom. The van der Waals surface area contributed by atoms with Crippen LogP contribution in [0.4, 0.5) is 0 Å². The first-order valence-electron chi connectivity index (χ1n) is 14.0. The van der Waals surface area contributed by atoms with Gasteiger partial charge in [-0.15, -0.1) is 0 Å². The number of imidazole rings is 1. The summed E-state index contributed by atoms with van der Waals surface area (Å²) >= 11 is 6.21. The van der Waals surface area contributed by atoms with Crippen molar-refractivity contribution in [2.45, 2.75) is 38.6 Å². The van der Waals surface area contributed by atoms with E-state index >= 15 is 0 Å². The van der Waals surface area contributed by atoms with E-state index in [9.17, 15) is 19.8 Å². The molecule has 210 valence electrons. The fourth-order valence-corrected chi connectivity index (χ4v) is 6.30. The summed E-state index contributed by atoms with van der Waals surface area (Å²) in [4.78, 5) is 28.6. The molecule has 0 atom stereocenters. The lowest BCUT2D eigenvalue weighted by Gasteiger charge is -2.17. The topological polar surface area (TPSA) is 92.4 Å². The molecule has 1 aliphatic carbocycles. The highest BCUT2D eigenvalue weighted by atomic mass is 35.5. The van der Waals surface area contributed by atoms with Crippen molar-refractivity contribution in [1.29, 1.82) is 0 Å². The van der Waals surface area contributed by atoms with Gasteiger partial charge in [-0.1, -0.05) is 104 Å². The highest BCUT2D eigenvalue weighted by Gasteiger charge is 2.30. The number of rotatable bonds is 9. The summed E-state index contributed by atoms with van der Waals surface area (Å²) in [6, 6.07) is 29.9. The Balaban J connectivity index is 1.38. The van der Waals surface area contributed by atoms with Crippen LogP contribution in [0.1, 0.15) is 74.6 Å². The summed E-state index contributed by atoms with van der Waals surface area (Å²) < 4.78 is 1.66. The number of benzene rings is 4. The van der Waals surface area contributed by atoms with E-state index < -0.39 is 11.9 Å². The molecule has 0 aliphatic heterocycles. The van der Waals surface area contributed by atoms with Crippen molar-refractivity contribution in [3.63, 3.8) is 0 Å². The average Bonchev–Trinajstić information content (AvgIpc) is 3.50. The highest BCUT2D eigenvalue weighted by molar-refractivity contribution is 6.32. The third-order valence-corrected chi connectivity index (χ3v) is 8.27. The number of nitrogens with zero attached hydrogens (tertiary/aromatic N) is 2. The number of carboxylic acids is 2. The Labute approximate surface area is 248 Å². The van der Waals surface area contributed by atoms with Gasteiger partial charge < -0.3 is 14.8 Å². The molecule has 42 heavy (non-hydrogen) atoms. The van der Waals surface area contributed by atoms with E-state index in [1.165, 1.54) is 22.3 Å². The second kappa shape index (κ2) is 11.3. The van der Waals surface area contributed by atoms with E-state index in [0.29, 0.717) is 24.4 Å². The molecule has 2 N–H and O–H groups in total. The van der Waals surface area contributed by atoms with Gasteiger partial charge in [-0.2, -0.15) is 0 Å². The summed E-state index contributed by atoms with van der Waals surface area (Å²) in [5.74, 6) is -1.47. The Kier molecular flexibility index (Phi) is 7.40. The SMILES string of the molecule is CCCCc1nc(Cl)c(C(=O)O)n1Cc1ccc(-c2cc(C3c4ccccc4-c4ccccc43)ccc2C(=O)O)cc1. The minimum absolute atomic E-state index is 0.000221. The monoisotopic (exact) mass is 576 g/mol. The lowest BCUT2D eigenvalue weighted by atomic mass is 9.86. The van der Waals surface area contributed by atoms with E-state index in [2.05, 4.69) is 36.2 Å². The maximum Gasteiger partial charge on any atom is 0.355 e. The summed E-state index contributed by atoms with van der Waals surface area (Å²) in [5, 5.41) is 19.8. The van der Waals surface area contributed by atoms with Crippen LogP contribution in [0, 0.1) is 0 Å². The number of carboxylic acid groups (broad SMARTS) is 2. The fourth-order valence-electron chi connectivity index (χ4n) is 6.02. The molecule has 7 heteroatoms. The van der Waals surface area contributed by atoms with E-state index in [0.717, 1.165) is 29.5 Å². The van der Waals surface area contributed by atoms with Gasteiger partial charge >= 0.3 is 11.9 Å². The van der Waals surface area contributed by atoms with Crippen LogP contribution >= 0.6 is 11.6 Å². The van der Waals surface area contributed by atoms with Crippen LogP contribution in [0.15, 0.2) is 91.0 Å². The summed E-state index contributed by atoms with van der Waals surface area (Å²) in [6.45, 7) is 2.36. The van der Waals surface area contributed by atoms with Crippen molar-refractivity contribution in [2.24, 2.45) is 0 Å². The lowest BCUT2D eigenvalue weighted by Crippen LogP contribution is -2.13. The number of aromatic nitrogens is 2. The molecule has 0 bridgehead atoms. The third kappa shape index (κ3) is 4.88. The van der Waals surface area contributed by atoms with Crippen molar-refractivity contribution in [2.75, 3.05) is 0 Å². The second-order valence-corrected chi connectivity index (χ2v) is 10.9. The van der Waals surface area contributed by atoms with E-state index in [1.54, 1.807) is 10.6 Å². The number of aromatic carboxylic acids is 2. The molecule has 0 saturated heterocycles. The molecule has 1 aromatic heterocycles. The maximum atomic E-state index is 12.3. The van der Waals surface area contributed by atoms with Crippen molar-refractivity contribution in [1.82, 2.24) is 9.55 Å². The lowest BCUT2D eigenvalue weighted by molar-refractivity contribution is 0.0679. The van der Waals surface area contributed by atoms with Crippen LogP contribution in [0.25, 0.3) is 22.3 Å². The van der Waals surface area contributed by atoms with Crippen LogP contribution in [0.5, 0.6) is 0 Å². The molecule has 6 rings (SSSR count). The number of hydrogen-bond acceptors (Lipinski definition) is 3. The number of carbonyl (C=O) groups is 2. The van der Waals surface area contributed by atoms with E-state index in [1.807, 2.05) is 60.7 Å². The maximum absolute atomic E-state index is 12.3. The van der Waals surface area contributed by atoms with E-state index in [-0.39, 0.29) is 22.3 Å². The van der Waals surface area contributed by atoms with Gasteiger partial charge in [0.2, 0.25) is 0 Å². The van der Waals surface area contributed by atoms with Gasteiger partial charge in [0, 0.05) is 18.9 Å². The predicted molar refractivity (Wildman–Crippen MR) is 164 cm³/mol. The highest BCUT2D eigenvalue weighted by Crippen LogP contribution is 2.48. The number of fused-ring (bicyclic) bond motifs is 3. The summed E-state index contributed by atoms with van der Waals surface area (Å²) in [7, 11) is 0. The number of hydrogen-bond donors (Lipinski definition) is 2. The zero-order valence-corrected chi connectivity index (χ0v) is 23.8. The number of aryl methyl sites for hydroxylation is 1. The van der Waals surface area contributed by atoms with E-state index in [4.69, 9.17) is 11.6 Å². The Morgan fingerprint density at radius 3 is 2.07 bits per heavy atom. The Hall–Kier alpha value is -4.68. The van der Waals surface area contributed by atoms with Gasteiger partial charge in [0.1, 0.15) is 5.82 Å². The average molecular weight is 577 g/mol. The summed E-state index contributed by atoms with van der Waals surface area (Å²) in [5.41, 5.74) is 8.29. The molecule has 0 radical (unpaired) electrons. The van der Waals surface area contributed by atoms with Crippen molar-refractivity contribution in [3.05, 3.63) is 135 Å². The van der Waals surface area contributed by atoms with Gasteiger partial charge in [-0.3, -0.25) is 0 Å². The van der Waals surface area contributed by atoms with Crippen molar-refractivity contribution < 1.29 is 19.8 Å². The standard InChI is InChI=1S/C35H29ClN2O4/c1-2-3-12-30-37-33(36)32(35(41)42)38(30)20-21-13-15-22(16-14-21)29-19-23(17-18-28(29)34(39)40)31-26-10-6-4-8-24(26)25-9-5-7-11-27(25)31/h4-11,13-19,31H,2-3,12,20H2,1H3,(H,39,40)(H,41,42). The minimum Gasteiger partial charge on any atom is -0.478 e. The van der Waals surface area contributed by atoms with Crippen LogP contribution in [0.2, 0.25) is 5.15 Å². The van der Waals surface area contributed by atoms with Crippen LogP contribution in [-0.4, -0.2) is 31.7 Å². The molecule has 6 nitrogen and oxygen atoms in total. The van der Waals surface area contributed by atoms with Crippen molar-refractivity contribution in [3.8, 4) is 22.3 Å². The normalized spacial score (nSPS) is 12.2. The molecule has 4 aromatic carbocycles. The first-order chi connectivity index (χ1) is 20.4. The van der Waals surface area contributed by atoms with Gasteiger partial charge in [0.15, 0.2) is 10.8 Å². The number of unbranched alkanes of at least 4 members (excludes halogenated alkanes) is 1. The first kappa shape index (κ1) is 27.5. The predicted octanol–water partition coefficient (Wildman–Crippen LogP) is 8.15. The fraction of sp³-hybridized carbons (Fsp3) is 0.171. The molecule has 1 heterocycles. The smallest absolute Gasteiger partial charge is 0.355 e. The molecule has 0 spiro atoms. The molecule has 0 saturated carbocycles. The number of halogens is 1. The molecular weight excluding hydrogens is 548 g/mol. The zero-order chi connectivity index (χ0) is 29.4. The Bertz CT molecular complexity index is 1780. The molecule has 0 amide bonds.